The number of furan rings is 1. The molecule has 0 radical (unpaired) electrons. The number of hydrogen-bond donors (Lipinski definition) is 0. The van der Waals surface area contributed by atoms with Gasteiger partial charge in [0.05, 0.1) is 11.4 Å². The third-order valence-electron chi connectivity index (χ3n) is 11.4. The Kier molecular flexibility index (Phi) is 8.19. The topological polar surface area (TPSA) is 16.4 Å². The molecule has 0 fully saturated rings. The highest BCUT2D eigenvalue weighted by Crippen LogP contribution is 2.51. The van der Waals surface area contributed by atoms with E-state index < -0.39 is 0 Å². The van der Waals surface area contributed by atoms with E-state index in [1.807, 2.05) is 6.07 Å². The second kappa shape index (κ2) is 14.1. The van der Waals surface area contributed by atoms with Crippen LogP contribution in [-0.2, 0) is 0 Å². The molecule has 0 atom stereocenters. The van der Waals surface area contributed by atoms with Gasteiger partial charge in [-0.1, -0.05) is 200 Å². The minimum Gasteiger partial charge on any atom is -0.454 e. The molecule has 0 saturated carbocycles. The molecule has 0 amide bonds. The van der Waals surface area contributed by atoms with Crippen molar-refractivity contribution in [3.63, 3.8) is 0 Å². The van der Waals surface area contributed by atoms with E-state index in [1.54, 1.807) is 0 Å². The second-order valence-electron chi connectivity index (χ2n) is 14.8. The predicted molar refractivity (Wildman–Crippen MR) is 245 cm³/mol. The number of benzene rings is 10. The molecule has 1 aromatic heterocycles. The summed E-state index contributed by atoms with van der Waals surface area (Å²) in [4.78, 5) is 2.45. The molecule has 58 heavy (non-hydrogen) atoms. The molecule has 1 heterocycles. The molecule has 0 spiro atoms. The van der Waals surface area contributed by atoms with Gasteiger partial charge in [-0.2, -0.15) is 0 Å². The SMILES string of the molecule is c1ccc(-c2cccc(-c3ccccc3)c2N(c2ccc3c(c2)c(-c2ccccc2)c(-c2ccccc2)c2ccccc23)c2cccc3c2oc2ccccc23)cc1. The maximum atomic E-state index is 6.87. The van der Waals surface area contributed by atoms with Crippen molar-refractivity contribution < 1.29 is 4.42 Å². The molecule has 0 saturated heterocycles. The number of rotatable bonds is 7. The maximum Gasteiger partial charge on any atom is 0.159 e. The fourth-order valence-electron chi connectivity index (χ4n) is 8.91. The van der Waals surface area contributed by atoms with Crippen molar-refractivity contribution in [3.8, 4) is 44.5 Å². The van der Waals surface area contributed by atoms with Crippen molar-refractivity contribution in [1.82, 2.24) is 0 Å². The molecule has 272 valence electrons. The predicted octanol–water partition coefficient (Wildman–Crippen LogP) is 16.0. The molecule has 2 nitrogen and oxygen atoms in total. The lowest BCUT2D eigenvalue weighted by Gasteiger charge is -2.31. The first kappa shape index (κ1) is 33.6. The Morgan fingerprint density at radius 3 is 1.40 bits per heavy atom. The molecular weight excluding hydrogens is 703 g/mol. The van der Waals surface area contributed by atoms with Gasteiger partial charge < -0.3 is 9.32 Å². The van der Waals surface area contributed by atoms with Crippen molar-refractivity contribution in [3.05, 3.63) is 224 Å². The Labute approximate surface area is 337 Å². The van der Waals surface area contributed by atoms with Crippen LogP contribution in [0, 0.1) is 0 Å². The van der Waals surface area contributed by atoms with Crippen LogP contribution in [-0.4, -0.2) is 0 Å². The van der Waals surface area contributed by atoms with Crippen molar-refractivity contribution >= 4 is 60.5 Å². The molecule has 2 heteroatoms. The number of fused-ring (bicyclic) bond motifs is 6. The van der Waals surface area contributed by atoms with E-state index in [2.05, 4.69) is 223 Å². The third kappa shape index (κ3) is 5.57. The molecule has 0 bridgehead atoms. The Balaban J connectivity index is 1.31. The third-order valence-corrected chi connectivity index (χ3v) is 11.4. The molecule has 11 rings (SSSR count). The van der Waals surface area contributed by atoms with Crippen LogP contribution in [0.5, 0.6) is 0 Å². The molecule has 10 aromatic carbocycles. The summed E-state index contributed by atoms with van der Waals surface area (Å²) in [5, 5.41) is 7.03. The first-order valence-corrected chi connectivity index (χ1v) is 19.9. The summed E-state index contributed by atoms with van der Waals surface area (Å²) in [5.74, 6) is 0. The summed E-state index contributed by atoms with van der Waals surface area (Å²) < 4.78 is 6.87. The summed E-state index contributed by atoms with van der Waals surface area (Å²) in [7, 11) is 0. The Bertz CT molecular complexity index is 3200. The van der Waals surface area contributed by atoms with Gasteiger partial charge in [-0.3, -0.25) is 0 Å². The highest BCUT2D eigenvalue weighted by molar-refractivity contribution is 6.22. The fourth-order valence-corrected chi connectivity index (χ4v) is 8.91. The first-order valence-electron chi connectivity index (χ1n) is 19.9. The van der Waals surface area contributed by atoms with Gasteiger partial charge in [-0.25, -0.2) is 0 Å². The van der Waals surface area contributed by atoms with Crippen LogP contribution in [0.3, 0.4) is 0 Å². The van der Waals surface area contributed by atoms with Crippen LogP contribution >= 0.6 is 0 Å². The lowest BCUT2D eigenvalue weighted by molar-refractivity contribution is 0.669. The van der Waals surface area contributed by atoms with Gasteiger partial charge in [0, 0.05) is 27.6 Å². The highest BCUT2D eigenvalue weighted by atomic mass is 16.3. The molecular formula is C56H37NO. The number of anilines is 3. The highest BCUT2D eigenvalue weighted by Gasteiger charge is 2.26. The van der Waals surface area contributed by atoms with Gasteiger partial charge >= 0.3 is 0 Å². The maximum absolute atomic E-state index is 6.87. The average molecular weight is 740 g/mol. The standard InChI is InChI=1S/C56H37NO/c1-5-19-38(20-6-1)43-30-17-31-44(39-21-7-2-8-22-39)55(43)57(51-33-18-32-49-47-28-15-16-34-52(47)58-56(49)51)42-35-36-46-45-27-13-14-29-48(45)53(40-23-9-3-10-24-40)54(50(46)37-42)41-25-11-4-12-26-41/h1-37H. The van der Waals surface area contributed by atoms with E-state index in [0.29, 0.717) is 0 Å². The van der Waals surface area contributed by atoms with Gasteiger partial charge in [-0.05, 0) is 79.2 Å². The molecule has 0 aliphatic rings. The van der Waals surface area contributed by atoms with Gasteiger partial charge in [0.1, 0.15) is 5.58 Å². The van der Waals surface area contributed by atoms with E-state index >= 15 is 0 Å². The minimum absolute atomic E-state index is 0.845. The number of para-hydroxylation sites is 3. The zero-order valence-electron chi connectivity index (χ0n) is 31.7. The second-order valence-corrected chi connectivity index (χ2v) is 14.8. The summed E-state index contributed by atoms with van der Waals surface area (Å²) in [6.07, 6.45) is 0. The van der Waals surface area contributed by atoms with Crippen LogP contribution in [0.1, 0.15) is 0 Å². The molecule has 0 aliphatic carbocycles. The molecule has 0 N–H and O–H groups in total. The van der Waals surface area contributed by atoms with E-state index in [0.717, 1.165) is 61.3 Å². The van der Waals surface area contributed by atoms with Crippen molar-refractivity contribution in [1.29, 1.82) is 0 Å². The van der Waals surface area contributed by atoms with Crippen LogP contribution in [0.25, 0.3) is 88.0 Å². The fraction of sp³-hybridized carbons (Fsp3) is 0. The Morgan fingerprint density at radius 2 is 0.776 bits per heavy atom. The summed E-state index contributed by atoms with van der Waals surface area (Å²) in [5.41, 5.74) is 14.1. The van der Waals surface area contributed by atoms with Gasteiger partial charge in [0.15, 0.2) is 5.58 Å². The van der Waals surface area contributed by atoms with E-state index in [9.17, 15) is 0 Å². The zero-order chi connectivity index (χ0) is 38.4. The average Bonchev–Trinajstić information content (AvgIpc) is 3.69. The largest absolute Gasteiger partial charge is 0.454 e. The smallest absolute Gasteiger partial charge is 0.159 e. The summed E-state index contributed by atoms with van der Waals surface area (Å²) >= 11 is 0. The lowest BCUT2D eigenvalue weighted by atomic mass is 9.84. The molecule has 11 aromatic rings. The summed E-state index contributed by atoms with van der Waals surface area (Å²) in [6, 6.07) is 80.7. The molecule has 0 unspecified atom stereocenters. The normalized spacial score (nSPS) is 11.4. The number of hydrogen-bond acceptors (Lipinski definition) is 2. The van der Waals surface area contributed by atoms with Crippen LogP contribution in [0.15, 0.2) is 229 Å². The van der Waals surface area contributed by atoms with Crippen LogP contribution in [0.2, 0.25) is 0 Å². The van der Waals surface area contributed by atoms with Crippen molar-refractivity contribution in [2.45, 2.75) is 0 Å². The summed E-state index contributed by atoms with van der Waals surface area (Å²) in [6.45, 7) is 0. The quantitative estimate of drug-likeness (QED) is 0.151. The Morgan fingerprint density at radius 1 is 0.310 bits per heavy atom. The van der Waals surface area contributed by atoms with E-state index in [4.69, 9.17) is 4.42 Å². The van der Waals surface area contributed by atoms with E-state index in [-0.39, 0.29) is 0 Å². The number of nitrogens with zero attached hydrogens (tertiary/aromatic N) is 1. The molecule has 0 aliphatic heterocycles. The van der Waals surface area contributed by atoms with E-state index in [1.165, 1.54) is 43.8 Å². The van der Waals surface area contributed by atoms with Gasteiger partial charge in [0.25, 0.3) is 0 Å². The monoisotopic (exact) mass is 739 g/mol. The minimum atomic E-state index is 0.845. The van der Waals surface area contributed by atoms with Crippen molar-refractivity contribution in [2.24, 2.45) is 0 Å². The van der Waals surface area contributed by atoms with Crippen molar-refractivity contribution in [2.75, 3.05) is 4.90 Å². The lowest BCUT2D eigenvalue weighted by Crippen LogP contribution is -2.13. The van der Waals surface area contributed by atoms with Crippen LogP contribution < -0.4 is 4.90 Å². The first-order chi connectivity index (χ1) is 28.8. The van der Waals surface area contributed by atoms with Gasteiger partial charge in [0.2, 0.25) is 0 Å². The zero-order valence-corrected chi connectivity index (χ0v) is 31.7. The Hall–Kier alpha value is -7.68. The van der Waals surface area contributed by atoms with Crippen LogP contribution in [0.4, 0.5) is 17.1 Å². The van der Waals surface area contributed by atoms with Gasteiger partial charge in [-0.15, -0.1) is 0 Å².